The van der Waals surface area contributed by atoms with Crippen LogP contribution in [0.2, 0.25) is 0 Å². The Morgan fingerprint density at radius 3 is 2.12 bits per heavy atom. The molecule has 2 nitrogen and oxygen atoms in total. The van der Waals surface area contributed by atoms with E-state index in [0.29, 0.717) is 29.1 Å². The van der Waals surface area contributed by atoms with Crippen LogP contribution in [0, 0.1) is 52.3 Å². The molecule has 286 valence electrons. The second kappa shape index (κ2) is 21.0. The van der Waals surface area contributed by atoms with Gasteiger partial charge in [-0.3, -0.25) is 4.79 Å². The third-order valence-corrected chi connectivity index (χ3v) is 14.3. The van der Waals surface area contributed by atoms with Crippen molar-refractivity contribution in [2.24, 2.45) is 52.3 Å². The van der Waals surface area contributed by atoms with E-state index in [9.17, 15) is 4.79 Å². The average Bonchev–Trinajstić information content (AvgIpc) is 3.47. The van der Waals surface area contributed by atoms with Crippen molar-refractivity contribution in [1.82, 2.24) is 0 Å². The highest BCUT2D eigenvalue weighted by atomic mass is 16.5. The first-order chi connectivity index (χ1) is 24.6. The van der Waals surface area contributed by atoms with Gasteiger partial charge in [-0.15, -0.1) is 0 Å². The highest BCUT2D eigenvalue weighted by molar-refractivity contribution is 5.69. The van der Waals surface area contributed by atoms with Crippen LogP contribution in [0.4, 0.5) is 0 Å². The van der Waals surface area contributed by atoms with E-state index in [1.54, 1.807) is 5.57 Å². The average molecular weight is 699 g/mol. The minimum atomic E-state index is 0.000952. The second-order valence-electron chi connectivity index (χ2n) is 17.9. The zero-order valence-electron chi connectivity index (χ0n) is 34.2. The third kappa shape index (κ3) is 11.5. The van der Waals surface area contributed by atoms with Crippen LogP contribution >= 0.6 is 0 Å². The van der Waals surface area contributed by atoms with E-state index in [0.717, 1.165) is 74.5 Å². The maximum absolute atomic E-state index is 12.8. The molecule has 0 spiro atoms. The predicted molar refractivity (Wildman–Crippen MR) is 220 cm³/mol. The molecule has 0 aliphatic heterocycles. The zero-order valence-corrected chi connectivity index (χ0v) is 34.2. The molecule has 0 heterocycles. The summed E-state index contributed by atoms with van der Waals surface area (Å²) in [6.07, 6.45) is 47.6. The summed E-state index contributed by atoms with van der Waals surface area (Å²) < 4.78 is 6.11. The van der Waals surface area contributed by atoms with E-state index in [-0.39, 0.29) is 12.1 Å². The number of ether oxygens (including phenoxy) is 1. The van der Waals surface area contributed by atoms with E-state index in [2.05, 4.69) is 115 Å². The molecule has 3 fully saturated rings. The fourth-order valence-electron chi connectivity index (χ4n) is 11.1. The summed E-state index contributed by atoms with van der Waals surface area (Å²) in [5.74, 6) is 5.42. The first kappa shape index (κ1) is 41.7. The summed E-state index contributed by atoms with van der Waals surface area (Å²) in [6, 6.07) is 0. The number of carbonyl (C=O) groups is 1. The summed E-state index contributed by atoms with van der Waals surface area (Å²) >= 11 is 0. The Kier molecular flexibility index (Phi) is 17.1. The molecular weight excluding hydrogens is 621 g/mol. The maximum atomic E-state index is 12.8. The van der Waals surface area contributed by atoms with Crippen molar-refractivity contribution in [2.75, 3.05) is 0 Å². The number of rotatable bonds is 20. The lowest BCUT2D eigenvalue weighted by Crippen LogP contribution is -2.51. The molecule has 9 atom stereocenters. The Morgan fingerprint density at radius 2 is 1.47 bits per heavy atom. The number of esters is 1. The maximum Gasteiger partial charge on any atom is 0.306 e. The zero-order chi connectivity index (χ0) is 36.7. The van der Waals surface area contributed by atoms with Gasteiger partial charge in [0.05, 0.1) is 0 Å². The van der Waals surface area contributed by atoms with Crippen LogP contribution in [0.15, 0.2) is 72.4 Å². The molecule has 1 unspecified atom stereocenters. The highest BCUT2D eigenvalue weighted by Gasteiger charge is 2.59. The Morgan fingerprint density at radius 1 is 0.804 bits per heavy atom. The van der Waals surface area contributed by atoms with Gasteiger partial charge in [-0.25, -0.2) is 0 Å². The van der Waals surface area contributed by atoms with Crippen LogP contribution in [0.25, 0.3) is 0 Å². The van der Waals surface area contributed by atoms with Crippen LogP contribution in [0.3, 0.4) is 0 Å². The molecule has 0 aromatic carbocycles. The first-order valence-corrected chi connectivity index (χ1v) is 21.8. The number of unbranched alkanes of at least 4 members (excludes halogenated alkanes) is 4. The SMILES string of the molecule is CCCCC/C=C\C/C=C\C/C=C\C/C=C\CCCC(=O)OC1CC[C@@]2(C)C(=CC[C@H]3[C@@H]4CC[C@H]([C@H](C)C=C[C@@H](CC)C(C)C)[C@@]4(C)CC[C@@H]32)C1. The van der Waals surface area contributed by atoms with Gasteiger partial charge < -0.3 is 4.74 Å². The van der Waals surface area contributed by atoms with E-state index >= 15 is 0 Å². The normalized spacial score (nSPS) is 32.2. The van der Waals surface area contributed by atoms with Crippen molar-refractivity contribution in [3.63, 3.8) is 0 Å². The lowest BCUT2D eigenvalue weighted by atomic mass is 9.47. The molecule has 0 amide bonds. The van der Waals surface area contributed by atoms with Crippen LogP contribution < -0.4 is 0 Å². The summed E-state index contributed by atoms with van der Waals surface area (Å²) in [5.41, 5.74) is 2.39. The Balaban J connectivity index is 1.15. The first-order valence-electron chi connectivity index (χ1n) is 21.8. The van der Waals surface area contributed by atoms with Crippen LogP contribution in [-0.4, -0.2) is 12.1 Å². The Bertz CT molecular complexity index is 1230. The molecule has 51 heavy (non-hydrogen) atoms. The smallest absolute Gasteiger partial charge is 0.306 e. The van der Waals surface area contributed by atoms with Crippen molar-refractivity contribution in [3.05, 3.63) is 72.4 Å². The summed E-state index contributed by atoms with van der Waals surface area (Å²) in [7, 11) is 0. The molecule has 0 aromatic heterocycles. The second-order valence-corrected chi connectivity index (χ2v) is 17.9. The van der Waals surface area contributed by atoms with Gasteiger partial charge in [0.15, 0.2) is 0 Å². The van der Waals surface area contributed by atoms with Gasteiger partial charge >= 0.3 is 5.97 Å². The number of hydrogen-bond acceptors (Lipinski definition) is 2. The highest BCUT2D eigenvalue weighted by Crippen LogP contribution is 2.67. The van der Waals surface area contributed by atoms with Crippen molar-refractivity contribution in [1.29, 1.82) is 0 Å². The molecule has 0 radical (unpaired) electrons. The van der Waals surface area contributed by atoms with Gasteiger partial charge in [0.2, 0.25) is 0 Å². The van der Waals surface area contributed by atoms with Crippen molar-refractivity contribution in [2.45, 2.75) is 177 Å². The van der Waals surface area contributed by atoms with E-state index in [1.165, 1.54) is 70.6 Å². The number of allylic oxidation sites excluding steroid dienone is 11. The molecular formula is C49H78O2. The predicted octanol–water partition coefficient (Wildman–Crippen LogP) is 14.5. The Labute approximate surface area is 315 Å². The molecule has 4 rings (SSSR count). The molecule has 0 saturated heterocycles. The summed E-state index contributed by atoms with van der Waals surface area (Å²) in [5, 5.41) is 0. The topological polar surface area (TPSA) is 26.3 Å². The lowest BCUT2D eigenvalue weighted by Gasteiger charge is -2.58. The van der Waals surface area contributed by atoms with Gasteiger partial charge in [-0.1, -0.05) is 134 Å². The minimum absolute atomic E-state index is 0.000952. The lowest BCUT2D eigenvalue weighted by molar-refractivity contribution is -0.151. The van der Waals surface area contributed by atoms with Gasteiger partial charge in [0, 0.05) is 12.8 Å². The molecule has 4 aliphatic carbocycles. The van der Waals surface area contributed by atoms with Gasteiger partial charge in [0.1, 0.15) is 6.10 Å². The van der Waals surface area contributed by atoms with Crippen LogP contribution in [-0.2, 0) is 9.53 Å². The fraction of sp³-hybridized carbons (Fsp3) is 0.735. The van der Waals surface area contributed by atoms with Gasteiger partial charge in [0.25, 0.3) is 0 Å². The minimum Gasteiger partial charge on any atom is -0.462 e. The van der Waals surface area contributed by atoms with Gasteiger partial charge in [-0.05, 0) is 149 Å². The van der Waals surface area contributed by atoms with Crippen LogP contribution in [0.1, 0.15) is 170 Å². The van der Waals surface area contributed by atoms with Crippen molar-refractivity contribution < 1.29 is 9.53 Å². The quantitative estimate of drug-likeness (QED) is 0.0719. The third-order valence-electron chi connectivity index (χ3n) is 14.3. The van der Waals surface area contributed by atoms with Crippen molar-refractivity contribution in [3.8, 4) is 0 Å². The van der Waals surface area contributed by atoms with E-state index in [1.807, 2.05) is 0 Å². The Hall–Kier alpha value is -2.09. The monoisotopic (exact) mass is 699 g/mol. The largest absolute Gasteiger partial charge is 0.462 e. The van der Waals surface area contributed by atoms with Crippen molar-refractivity contribution >= 4 is 5.97 Å². The van der Waals surface area contributed by atoms with E-state index < -0.39 is 0 Å². The number of fused-ring (bicyclic) bond motifs is 5. The van der Waals surface area contributed by atoms with Crippen LogP contribution in [0.5, 0.6) is 0 Å². The summed E-state index contributed by atoms with van der Waals surface area (Å²) in [4.78, 5) is 12.8. The summed E-state index contributed by atoms with van der Waals surface area (Å²) in [6.45, 7) is 17.1. The molecule has 0 N–H and O–H groups in total. The molecule has 0 bridgehead atoms. The standard InChI is InChI=1S/C49H78O2/c1-8-10-11-12-13-14-15-16-17-18-19-20-21-22-23-24-25-26-47(50)51-42-33-35-48(6)41(37-42)29-30-43-45-32-31-44(49(45,7)36-34-46(43)48)39(5)27-28-40(9-2)38(3)4/h13-14,16-17,19-20,22-23,27-29,38-40,42-46H,8-12,15,18,21,24-26,30-37H2,1-7H3/b14-13-,17-16-,20-19-,23-22-,28-27?/t39-,40-,42?,43+,44-,45+,46+,48+,49-/m1/s1. The van der Waals surface area contributed by atoms with E-state index in [4.69, 9.17) is 4.74 Å². The number of hydrogen-bond donors (Lipinski definition) is 0. The fourth-order valence-corrected chi connectivity index (χ4v) is 11.1. The molecule has 3 saturated carbocycles. The molecule has 4 aliphatic rings. The molecule has 0 aromatic rings. The number of carbonyl (C=O) groups excluding carboxylic acids is 1. The molecule has 2 heteroatoms. The van der Waals surface area contributed by atoms with Gasteiger partial charge in [-0.2, -0.15) is 0 Å².